The van der Waals surface area contributed by atoms with Gasteiger partial charge in [-0.15, -0.1) is 24.0 Å². The molecule has 1 saturated heterocycles. The van der Waals surface area contributed by atoms with Crippen LogP contribution in [0.2, 0.25) is 0 Å². The van der Waals surface area contributed by atoms with E-state index in [4.69, 9.17) is 0 Å². The third-order valence-corrected chi connectivity index (χ3v) is 5.54. The van der Waals surface area contributed by atoms with Crippen LogP contribution < -0.4 is 10.6 Å². The average Bonchev–Trinajstić information content (AvgIpc) is 2.65. The summed E-state index contributed by atoms with van der Waals surface area (Å²) in [5, 5.41) is 6.91. The summed E-state index contributed by atoms with van der Waals surface area (Å²) < 4.78 is 0. The van der Waals surface area contributed by atoms with Crippen LogP contribution in [0.5, 0.6) is 0 Å². The number of nitrogens with one attached hydrogen (secondary N) is 2. The first kappa shape index (κ1) is 27.9. The van der Waals surface area contributed by atoms with Crippen LogP contribution in [0, 0.1) is 0 Å². The number of aliphatic imine (C=N–C) groups is 1. The van der Waals surface area contributed by atoms with Gasteiger partial charge in [0.05, 0.1) is 0 Å². The molecule has 6 nitrogen and oxygen atoms in total. The third-order valence-electron chi connectivity index (χ3n) is 5.54. The Labute approximate surface area is 191 Å². The molecule has 28 heavy (non-hydrogen) atoms. The number of hydrogen-bond donors (Lipinski definition) is 2. The Morgan fingerprint density at radius 3 is 1.93 bits per heavy atom. The molecule has 7 heteroatoms. The fourth-order valence-corrected chi connectivity index (χ4v) is 3.80. The SMILES string of the molecule is CCN1CCN(CCCCNC(=NC)NCCCN(C(C)C)C(C)C)CC1.I. The molecule has 0 bridgehead atoms. The van der Waals surface area contributed by atoms with E-state index < -0.39 is 0 Å². The molecule has 0 aromatic heterocycles. The van der Waals surface area contributed by atoms with Crippen LogP contribution in [0.15, 0.2) is 4.99 Å². The van der Waals surface area contributed by atoms with Crippen molar-refractivity contribution in [3.05, 3.63) is 0 Å². The van der Waals surface area contributed by atoms with E-state index in [0.717, 1.165) is 32.0 Å². The Hall–Kier alpha value is -0.120. The zero-order valence-electron chi connectivity index (χ0n) is 19.3. The lowest BCUT2D eigenvalue weighted by Crippen LogP contribution is -2.46. The molecule has 0 aliphatic carbocycles. The third kappa shape index (κ3) is 11.8. The minimum Gasteiger partial charge on any atom is -0.356 e. The Bertz CT molecular complexity index is 386. The van der Waals surface area contributed by atoms with Crippen molar-refractivity contribution in [2.45, 2.75) is 66.0 Å². The van der Waals surface area contributed by atoms with Gasteiger partial charge in [-0.3, -0.25) is 9.89 Å². The van der Waals surface area contributed by atoms with E-state index in [2.05, 4.69) is 64.9 Å². The normalized spacial score (nSPS) is 16.7. The second-order valence-electron chi connectivity index (χ2n) is 8.19. The van der Waals surface area contributed by atoms with Gasteiger partial charge >= 0.3 is 0 Å². The van der Waals surface area contributed by atoms with Crippen LogP contribution in [0.1, 0.15) is 53.9 Å². The molecule has 1 aliphatic heterocycles. The first-order valence-corrected chi connectivity index (χ1v) is 11.1. The molecule has 0 aromatic carbocycles. The highest BCUT2D eigenvalue weighted by Gasteiger charge is 2.14. The molecule has 0 amide bonds. The summed E-state index contributed by atoms with van der Waals surface area (Å²) >= 11 is 0. The Kier molecular flexibility index (Phi) is 16.6. The van der Waals surface area contributed by atoms with Crippen molar-refractivity contribution in [2.75, 3.05) is 66.0 Å². The molecule has 0 saturated carbocycles. The summed E-state index contributed by atoms with van der Waals surface area (Å²) in [4.78, 5) is 12.0. The van der Waals surface area contributed by atoms with E-state index in [1.54, 1.807) is 0 Å². The van der Waals surface area contributed by atoms with E-state index >= 15 is 0 Å². The molecule has 1 rings (SSSR count). The molecular formula is C21H47IN6. The molecule has 0 atom stereocenters. The van der Waals surface area contributed by atoms with Crippen molar-refractivity contribution in [3.63, 3.8) is 0 Å². The van der Waals surface area contributed by atoms with E-state index in [1.165, 1.54) is 52.1 Å². The van der Waals surface area contributed by atoms with Gasteiger partial charge in [-0.05, 0) is 60.0 Å². The lowest BCUT2D eigenvalue weighted by molar-refractivity contribution is 0.136. The Morgan fingerprint density at radius 2 is 1.43 bits per heavy atom. The average molecular weight is 511 g/mol. The second-order valence-corrected chi connectivity index (χ2v) is 8.19. The van der Waals surface area contributed by atoms with Crippen molar-refractivity contribution in [2.24, 2.45) is 4.99 Å². The summed E-state index contributed by atoms with van der Waals surface area (Å²) in [6, 6.07) is 1.21. The number of likely N-dealkylation sites (N-methyl/N-ethyl adjacent to an activating group) is 1. The number of halogens is 1. The maximum Gasteiger partial charge on any atom is 0.190 e. The zero-order valence-corrected chi connectivity index (χ0v) is 21.7. The zero-order chi connectivity index (χ0) is 20.1. The Morgan fingerprint density at radius 1 is 0.893 bits per heavy atom. The molecule has 1 fully saturated rings. The molecule has 1 aliphatic rings. The highest BCUT2D eigenvalue weighted by Crippen LogP contribution is 2.05. The van der Waals surface area contributed by atoms with Gasteiger partial charge in [-0.25, -0.2) is 0 Å². The monoisotopic (exact) mass is 510 g/mol. The molecule has 2 N–H and O–H groups in total. The predicted octanol–water partition coefficient (Wildman–Crippen LogP) is 2.70. The minimum atomic E-state index is 0. The van der Waals surface area contributed by atoms with Crippen molar-refractivity contribution in [1.29, 1.82) is 0 Å². The summed E-state index contributed by atoms with van der Waals surface area (Å²) in [5.41, 5.74) is 0. The molecule has 1 heterocycles. The summed E-state index contributed by atoms with van der Waals surface area (Å²) in [6.45, 7) is 21.8. The van der Waals surface area contributed by atoms with E-state index in [-0.39, 0.29) is 24.0 Å². The minimum absolute atomic E-state index is 0. The maximum atomic E-state index is 4.35. The quantitative estimate of drug-likeness (QED) is 0.183. The van der Waals surface area contributed by atoms with Gasteiger partial charge in [-0.2, -0.15) is 0 Å². The van der Waals surface area contributed by atoms with Crippen molar-refractivity contribution in [3.8, 4) is 0 Å². The van der Waals surface area contributed by atoms with E-state index in [9.17, 15) is 0 Å². The number of piperazine rings is 1. The summed E-state index contributed by atoms with van der Waals surface area (Å²) in [7, 11) is 1.86. The summed E-state index contributed by atoms with van der Waals surface area (Å²) in [6.07, 6.45) is 3.60. The first-order valence-electron chi connectivity index (χ1n) is 11.1. The van der Waals surface area contributed by atoms with Crippen molar-refractivity contribution in [1.82, 2.24) is 25.3 Å². The number of nitrogens with zero attached hydrogens (tertiary/aromatic N) is 4. The fraction of sp³-hybridized carbons (Fsp3) is 0.952. The standard InChI is InChI=1S/C21H46N6.HI/c1-7-25-15-17-26(18-16-25)13-9-8-11-23-21(22-6)24-12-10-14-27(19(2)3)20(4)5;/h19-20H,7-18H2,1-6H3,(H2,22,23,24);1H. The van der Waals surface area contributed by atoms with Crippen LogP contribution in [0.4, 0.5) is 0 Å². The lowest BCUT2D eigenvalue weighted by Gasteiger charge is -2.34. The predicted molar refractivity (Wildman–Crippen MR) is 134 cm³/mol. The fourth-order valence-electron chi connectivity index (χ4n) is 3.80. The first-order chi connectivity index (χ1) is 13.0. The smallest absolute Gasteiger partial charge is 0.190 e. The van der Waals surface area contributed by atoms with Gasteiger partial charge in [0.15, 0.2) is 5.96 Å². The van der Waals surface area contributed by atoms with Gasteiger partial charge in [0.1, 0.15) is 0 Å². The molecule has 0 spiro atoms. The number of hydrogen-bond acceptors (Lipinski definition) is 4. The molecule has 168 valence electrons. The van der Waals surface area contributed by atoms with Gasteiger partial charge in [0.25, 0.3) is 0 Å². The summed E-state index contributed by atoms with van der Waals surface area (Å²) in [5.74, 6) is 0.937. The number of rotatable bonds is 12. The highest BCUT2D eigenvalue weighted by atomic mass is 127. The van der Waals surface area contributed by atoms with E-state index in [0.29, 0.717) is 12.1 Å². The van der Waals surface area contributed by atoms with Crippen LogP contribution in [0.25, 0.3) is 0 Å². The second kappa shape index (κ2) is 16.7. The van der Waals surface area contributed by atoms with Gasteiger partial charge in [0.2, 0.25) is 0 Å². The topological polar surface area (TPSA) is 46.1 Å². The maximum absolute atomic E-state index is 4.35. The number of guanidine groups is 1. The van der Waals surface area contributed by atoms with Gasteiger partial charge < -0.3 is 20.4 Å². The van der Waals surface area contributed by atoms with Crippen molar-refractivity contribution < 1.29 is 0 Å². The van der Waals surface area contributed by atoms with Gasteiger partial charge in [-0.1, -0.05) is 6.92 Å². The molecule has 0 radical (unpaired) electrons. The van der Waals surface area contributed by atoms with Crippen molar-refractivity contribution >= 4 is 29.9 Å². The van der Waals surface area contributed by atoms with Crippen LogP contribution in [-0.4, -0.2) is 98.7 Å². The number of unbranched alkanes of at least 4 members (excludes halogenated alkanes) is 1. The highest BCUT2D eigenvalue weighted by molar-refractivity contribution is 14.0. The molecular weight excluding hydrogens is 463 g/mol. The molecule has 0 aromatic rings. The van der Waals surface area contributed by atoms with Crippen LogP contribution >= 0.6 is 24.0 Å². The van der Waals surface area contributed by atoms with Gasteiger partial charge in [0, 0.05) is 64.9 Å². The Balaban J connectivity index is 0.00000729. The molecule has 0 unspecified atom stereocenters. The van der Waals surface area contributed by atoms with Crippen LogP contribution in [-0.2, 0) is 0 Å². The van der Waals surface area contributed by atoms with E-state index in [1.807, 2.05) is 7.05 Å². The largest absolute Gasteiger partial charge is 0.356 e. The lowest BCUT2D eigenvalue weighted by atomic mass is 10.2. The van der Waals surface area contributed by atoms with Crippen LogP contribution in [0.3, 0.4) is 0 Å².